The minimum Gasteiger partial charge on any atom is -0.493 e. The summed E-state index contributed by atoms with van der Waals surface area (Å²) in [4.78, 5) is 13.3. The largest absolute Gasteiger partial charge is 0.493 e. The van der Waals surface area contributed by atoms with Gasteiger partial charge in [-0.25, -0.2) is 9.53 Å². The van der Waals surface area contributed by atoms with E-state index in [2.05, 4.69) is 9.94 Å². The molecule has 0 saturated carbocycles. The average molecular weight is 546 g/mol. The van der Waals surface area contributed by atoms with Crippen LogP contribution in [0.4, 0.5) is 30.4 Å². The van der Waals surface area contributed by atoms with Crippen molar-refractivity contribution in [1.29, 1.82) is 5.26 Å². The Bertz CT molecular complexity index is 1720. The fraction of sp³-hybridized carbons (Fsp3) is 0.0741. The van der Waals surface area contributed by atoms with Gasteiger partial charge in [-0.3, -0.25) is 10.1 Å². The Kier molecular flexibility index (Phi) is 7.41. The van der Waals surface area contributed by atoms with Gasteiger partial charge in [0.2, 0.25) is 0 Å². The number of methoxy groups -OCH3 is 1. The van der Waals surface area contributed by atoms with E-state index in [1.165, 1.54) is 36.1 Å². The summed E-state index contributed by atoms with van der Waals surface area (Å²) in [5.41, 5.74) is 4.66. The lowest BCUT2D eigenvalue weighted by Crippen LogP contribution is -2.09. The van der Waals surface area contributed by atoms with Crippen LogP contribution in [0.2, 0.25) is 0 Å². The van der Waals surface area contributed by atoms with Crippen LogP contribution >= 0.6 is 0 Å². The molecule has 200 valence electrons. The maximum absolute atomic E-state index is 13.3. The monoisotopic (exact) mass is 546 g/mol. The predicted molar refractivity (Wildman–Crippen MR) is 139 cm³/mol. The summed E-state index contributed by atoms with van der Waals surface area (Å²) in [5, 5.41) is 25.2. The van der Waals surface area contributed by atoms with E-state index in [9.17, 15) is 28.5 Å². The molecule has 10 nitrogen and oxygen atoms in total. The summed E-state index contributed by atoms with van der Waals surface area (Å²) in [5.74, 6) is -0.141. The molecular formula is C27H17F3N6O4. The lowest BCUT2D eigenvalue weighted by Gasteiger charge is -2.13. The van der Waals surface area contributed by atoms with Crippen LogP contribution in [-0.4, -0.2) is 21.8 Å². The van der Waals surface area contributed by atoms with Crippen LogP contribution in [0.25, 0.3) is 22.2 Å². The third-order valence-corrected chi connectivity index (χ3v) is 5.58. The van der Waals surface area contributed by atoms with Gasteiger partial charge >= 0.3 is 6.18 Å². The fourth-order valence-corrected chi connectivity index (χ4v) is 3.75. The summed E-state index contributed by atoms with van der Waals surface area (Å²) < 4.78 is 52.2. The number of halogens is 3. The van der Waals surface area contributed by atoms with Gasteiger partial charge in [-0.1, -0.05) is 24.3 Å². The number of ether oxygens (including phenoxy) is 2. The van der Waals surface area contributed by atoms with E-state index in [1.54, 1.807) is 30.3 Å². The maximum Gasteiger partial charge on any atom is 0.423 e. The Morgan fingerprint density at radius 2 is 1.90 bits per heavy atom. The van der Waals surface area contributed by atoms with Gasteiger partial charge < -0.3 is 15.2 Å². The van der Waals surface area contributed by atoms with Crippen molar-refractivity contribution in [1.82, 2.24) is 9.78 Å². The van der Waals surface area contributed by atoms with Crippen LogP contribution in [0, 0.1) is 28.0 Å². The number of nitrogen functional groups attached to an aromatic ring is 1. The minimum absolute atomic E-state index is 0.0118. The van der Waals surface area contributed by atoms with Gasteiger partial charge in [0.25, 0.3) is 11.4 Å². The first-order chi connectivity index (χ1) is 19.1. The van der Waals surface area contributed by atoms with Crippen molar-refractivity contribution >= 4 is 28.8 Å². The number of allylic oxidation sites excluding steroid dienone is 1. The summed E-state index contributed by atoms with van der Waals surface area (Å²) >= 11 is 0. The van der Waals surface area contributed by atoms with E-state index in [1.807, 2.05) is 6.07 Å². The first-order valence-corrected chi connectivity index (χ1v) is 11.2. The molecule has 1 aromatic heterocycles. The van der Waals surface area contributed by atoms with Gasteiger partial charge in [0, 0.05) is 6.07 Å². The van der Waals surface area contributed by atoms with E-state index in [-0.39, 0.29) is 40.0 Å². The smallest absolute Gasteiger partial charge is 0.423 e. The van der Waals surface area contributed by atoms with Crippen LogP contribution in [0.1, 0.15) is 16.8 Å². The predicted octanol–water partition coefficient (Wildman–Crippen LogP) is 6.80. The van der Waals surface area contributed by atoms with E-state index >= 15 is 0 Å². The van der Waals surface area contributed by atoms with Gasteiger partial charge in [0.15, 0.2) is 11.5 Å². The molecule has 0 radical (unpaired) electrons. The highest BCUT2D eigenvalue weighted by Gasteiger charge is 2.38. The van der Waals surface area contributed by atoms with Crippen molar-refractivity contribution in [2.24, 2.45) is 0 Å². The van der Waals surface area contributed by atoms with Gasteiger partial charge in [-0.15, -0.1) is 0 Å². The van der Waals surface area contributed by atoms with Crippen molar-refractivity contribution in [3.8, 4) is 29.0 Å². The Labute approximate surface area is 224 Å². The first kappa shape index (κ1) is 27.2. The molecule has 0 aliphatic rings. The number of nitro groups is 1. The number of alkyl halides is 3. The normalized spacial score (nSPS) is 11.4. The van der Waals surface area contributed by atoms with Crippen molar-refractivity contribution in [3.05, 3.63) is 105 Å². The molecular weight excluding hydrogens is 529 g/mol. The third-order valence-electron chi connectivity index (χ3n) is 5.58. The molecule has 4 rings (SSSR count). The average Bonchev–Trinajstić information content (AvgIpc) is 3.27. The number of nitriles is 1. The highest BCUT2D eigenvalue weighted by atomic mass is 19.4. The highest BCUT2D eigenvalue weighted by Crippen LogP contribution is 2.41. The van der Waals surface area contributed by atoms with Crippen LogP contribution in [0.5, 0.6) is 17.2 Å². The number of nitrogens with zero attached hydrogens (tertiary/aromatic N) is 5. The first-order valence-electron chi connectivity index (χ1n) is 11.2. The SMILES string of the molecule is [C-]#[N+]c1c(/C(C#N)=C/c2ccc(Oc3ccc([N+](=O)[O-])c(C(F)(F)F)c3)c(OC)c2)nn(-c2ccccc2)c1N. The molecule has 4 aromatic rings. The molecule has 13 heteroatoms. The Balaban J connectivity index is 1.71. The Morgan fingerprint density at radius 3 is 2.50 bits per heavy atom. The quantitative estimate of drug-likeness (QED) is 0.117. The number of benzene rings is 3. The molecule has 0 fully saturated rings. The molecule has 0 bridgehead atoms. The summed E-state index contributed by atoms with van der Waals surface area (Å²) in [7, 11) is 1.30. The zero-order valence-electron chi connectivity index (χ0n) is 20.5. The number of nitrogens with two attached hydrogens (primary N) is 1. The highest BCUT2D eigenvalue weighted by molar-refractivity contribution is 5.95. The third kappa shape index (κ3) is 5.39. The van der Waals surface area contributed by atoms with Crippen molar-refractivity contribution in [2.75, 3.05) is 12.8 Å². The number of anilines is 1. The second-order valence-electron chi connectivity index (χ2n) is 8.06. The molecule has 0 unspecified atom stereocenters. The topological polar surface area (TPSA) is 134 Å². The number of rotatable bonds is 7. The number of para-hydroxylation sites is 1. The number of aromatic nitrogens is 2. The second-order valence-corrected chi connectivity index (χ2v) is 8.06. The molecule has 0 aliphatic heterocycles. The summed E-state index contributed by atoms with van der Waals surface area (Å²) in [6.45, 7) is 7.55. The molecule has 0 saturated heterocycles. The number of hydrogen-bond acceptors (Lipinski definition) is 7. The van der Waals surface area contributed by atoms with Gasteiger partial charge in [-0.2, -0.15) is 23.5 Å². The van der Waals surface area contributed by atoms with Crippen LogP contribution in [-0.2, 0) is 6.18 Å². The molecule has 0 aliphatic carbocycles. The minimum atomic E-state index is -4.98. The second kappa shape index (κ2) is 10.9. The van der Waals surface area contributed by atoms with E-state index in [4.69, 9.17) is 21.8 Å². The Hall–Kier alpha value is -5.82. The zero-order chi connectivity index (χ0) is 29.0. The lowest BCUT2D eigenvalue weighted by molar-refractivity contribution is -0.388. The summed E-state index contributed by atoms with van der Waals surface area (Å²) in [6.07, 6.45) is -3.54. The van der Waals surface area contributed by atoms with Crippen molar-refractivity contribution in [2.45, 2.75) is 6.18 Å². The van der Waals surface area contributed by atoms with E-state index in [0.29, 0.717) is 23.4 Å². The van der Waals surface area contributed by atoms with Crippen LogP contribution < -0.4 is 15.2 Å². The molecule has 0 amide bonds. The molecule has 40 heavy (non-hydrogen) atoms. The molecule has 0 atom stereocenters. The summed E-state index contributed by atoms with van der Waals surface area (Å²) in [6, 6.07) is 17.4. The fourth-order valence-electron chi connectivity index (χ4n) is 3.75. The van der Waals surface area contributed by atoms with Crippen molar-refractivity contribution < 1.29 is 27.6 Å². The van der Waals surface area contributed by atoms with Gasteiger partial charge in [-0.05, 0) is 48.0 Å². The van der Waals surface area contributed by atoms with E-state index < -0.39 is 22.4 Å². The van der Waals surface area contributed by atoms with Crippen molar-refractivity contribution in [3.63, 3.8) is 0 Å². The molecule has 3 aromatic carbocycles. The Morgan fingerprint density at radius 1 is 1.18 bits per heavy atom. The number of hydrogen-bond donors (Lipinski definition) is 1. The van der Waals surface area contributed by atoms with Crippen LogP contribution in [0.3, 0.4) is 0 Å². The molecule has 2 N–H and O–H groups in total. The zero-order valence-corrected chi connectivity index (χ0v) is 20.5. The maximum atomic E-state index is 13.3. The molecule has 1 heterocycles. The standard InChI is InChI=1S/C27H17F3N6O4/c1-33-25-24(34-35(26(25)32)18-6-4-3-5-7-18)17(15-31)12-16-8-11-22(23(13-16)39-2)40-19-9-10-21(36(37)38)20(14-19)27(28,29)30/h3-14H,32H2,2H3/b17-12+. The lowest BCUT2D eigenvalue weighted by atomic mass is 10.1. The van der Waals surface area contributed by atoms with E-state index in [0.717, 1.165) is 6.07 Å². The van der Waals surface area contributed by atoms with Gasteiger partial charge in [0.1, 0.15) is 28.9 Å². The number of nitro benzene ring substituents is 1. The van der Waals surface area contributed by atoms with Gasteiger partial charge in [0.05, 0.1) is 29.9 Å². The molecule has 0 spiro atoms. The van der Waals surface area contributed by atoms with Crippen LogP contribution in [0.15, 0.2) is 66.7 Å².